The Bertz CT molecular complexity index is 422. The van der Waals surface area contributed by atoms with E-state index >= 15 is 0 Å². The van der Waals surface area contributed by atoms with Crippen molar-refractivity contribution in [3.63, 3.8) is 0 Å². The summed E-state index contributed by atoms with van der Waals surface area (Å²) in [7, 11) is 2.54. The van der Waals surface area contributed by atoms with E-state index < -0.39 is 8.80 Å². The first-order chi connectivity index (χ1) is 9.64. The van der Waals surface area contributed by atoms with E-state index in [2.05, 4.69) is 35.0 Å². The van der Waals surface area contributed by atoms with Crippen molar-refractivity contribution in [2.45, 2.75) is 25.4 Å². The average molecular weight is 296 g/mol. The van der Waals surface area contributed by atoms with Gasteiger partial charge in [-0.15, -0.1) is 0 Å². The van der Waals surface area contributed by atoms with Gasteiger partial charge in [-0.2, -0.15) is 0 Å². The molecule has 1 unspecified atom stereocenters. The van der Waals surface area contributed by atoms with Crippen molar-refractivity contribution < 1.29 is 13.3 Å². The molecule has 0 amide bonds. The summed E-state index contributed by atoms with van der Waals surface area (Å²) in [6.45, 7) is 3.85. The minimum absolute atomic E-state index is 0.336. The number of allylic oxidation sites excluding steroid dienone is 2. The van der Waals surface area contributed by atoms with E-state index in [-0.39, 0.29) is 0 Å². The van der Waals surface area contributed by atoms with Gasteiger partial charge in [-0.1, -0.05) is 12.2 Å². The molecule has 2 aliphatic rings. The van der Waals surface area contributed by atoms with Crippen LogP contribution in [0, 0.1) is 0 Å². The molecule has 0 aromatic carbocycles. The maximum absolute atomic E-state index is 5.45. The molecule has 2 rings (SSSR count). The normalized spacial score (nSPS) is 22.7. The Morgan fingerprint density at radius 3 is 2.65 bits per heavy atom. The van der Waals surface area contributed by atoms with Crippen LogP contribution in [0.1, 0.15) is 13.3 Å². The highest BCUT2D eigenvalue weighted by atomic mass is 28.4. The van der Waals surface area contributed by atoms with Crippen molar-refractivity contribution in [1.29, 1.82) is 0 Å². The molecule has 6 heteroatoms. The molecule has 0 N–H and O–H groups in total. The van der Waals surface area contributed by atoms with Gasteiger partial charge in [-0.25, -0.2) is 0 Å². The lowest BCUT2D eigenvalue weighted by atomic mass is 10.0. The molecule has 5 nitrogen and oxygen atoms in total. The third-order valence-electron chi connectivity index (χ3n) is 3.91. The number of hydrogen-bond acceptors (Lipinski definition) is 5. The summed E-state index contributed by atoms with van der Waals surface area (Å²) in [6.07, 6.45) is 7.55. The second-order valence-electron chi connectivity index (χ2n) is 5.13. The van der Waals surface area contributed by atoms with E-state index in [0.717, 1.165) is 25.7 Å². The molecule has 0 radical (unpaired) electrons. The highest BCUT2D eigenvalue weighted by Gasteiger charge is 2.37. The van der Waals surface area contributed by atoms with Crippen LogP contribution in [0.5, 0.6) is 0 Å². The van der Waals surface area contributed by atoms with Crippen LogP contribution in [0.3, 0.4) is 0 Å². The molecule has 20 heavy (non-hydrogen) atoms. The lowest BCUT2D eigenvalue weighted by Crippen LogP contribution is -2.43. The molecule has 1 aliphatic carbocycles. The van der Waals surface area contributed by atoms with Crippen LogP contribution in [-0.4, -0.2) is 60.0 Å². The molecule has 0 saturated heterocycles. The van der Waals surface area contributed by atoms with E-state index in [0.29, 0.717) is 6.04 Å². The van der Waals surface area contributed by atoms with Gasteiger partial charge in [0, 0.05) is 33.9 Å². The second-order valence-corrected chi connectivity index (χ2v) is 8.22. The van der Waals surface area contributed by atoms with Crippen LogP contribution in [0.25, 0.3) is 0 Å². The fourth-order valence-electron chi connectivity index (χ4n) is 2.68. The minimum Gasteiger partial charge on any atom is -0.377 e. The van der Waals surface area contributed by atoms with Crippen molar-refractivity contribution in [2.24, 2.45) is 4.99 Å². The highest BCUT2D eigenvalue weighted by Crippen LogP contribution is 2.21. The van der Waals surface area contributed by atoms with Crippen molar-refractivity contribution >= 4 is 14.5 Å². The molecule has 112 valence electrons. The minimum atomic E-state index is -2.44. The summed E-state index contributed by atoms with van der Waals surface area (Å²) >= 11 is 0. The molecule has 1 heterocycles. The van der Waals surface area contributed by atoms with Crippen LogP contribution in [0.15, 0.2) is 28.8 Å². The first-order valence-electron chi connectivity index (χ1n) is 6.94. The van der Waals surface area contributed by atoms with Gasteiger partial charge in [0.1, 0.15) is 0 Å². The zero-order valence-electron chi connectivity index (χ0n) is 12.8. The van der Waals surface area contributed by atoms with E-state index in [1.165, 1.54) is 11.3 Å². The summed E-state index contributed by atoms with van der Waals surface area (Å²) in [5.41, 5.74) is 2.45. The predicted molar refractivity (Wildman–Crippen MR) is 81.9 cm³/mol. The number of rotatable bonds is 7. The van der Waals surface area contributed by atoms with E-state index in [9.17, 15) is 0 Å². The fraction of sp³-hybridized carbons (Fsp3) is 0.643. The van der Waals surface area contributed by atoms with Gasteiger partial charge in [0.25, 0.3) is 0 Å². The van der Waals surface area contributed by atoms with Crippen molar-refractivity contribution in [3.8, 4) is 0 Å². The van der Waals surface area contributed by atoms with E-state index in [1.54, 1.807) is 21.3 Å². The Labute approximate surface area is 122 Å². The largest absolute Gasteiger partial charge is 0.500 e. The molecule has 0 bridgehead atoms. The fourth-order valence-corrected chi connectivity index (χ4v) is 4.38. The van der Waals surface area contributed by atoms with Crippen LogP contribution < -0.4 is 0 Å². The molecule has 1 atom stereocenters. The van der Waals surface area contributed by atoms with Gasteiger partial charge in [0.05, 0.1) is 18.4 Å². The number of nitrogens with zero attached hydrogens (tertiary/aromatic N) is 2. The molecule has 0 fully saturated rings. The van der Waals surface area contributed by atoms with E-state index in [1.807, 2.05) is 0 Å². The highest BCUT2D eigenvalue weighted by molar-refractivity contribution is 6.60. The summed E-state index contributed by atoms with van der Waals surface area (Å²) in [5.74, 6) is 0. The smallest absolute Gasteiger partial charge is 0.377 e. The second kappa shape index (κ2) is 6.78. The van der Waals surface area contributed by atoms with Gasteiger partial charge in [-0.3, -0.25) is 9.89 Å². The maximum atomic E-state index is 5.45. The predicted octanol–water partition coefficient (Wildman–Crippen LogP) is 1.85. The molecule has 0 saturated carbocycles. The van der Waals surface area contributed by atoms with Crippen LogP contribution in [0.4, 0.5) is 0 Å². The Balaban J connectivity index is 1.84. The van der Waals surface area contributed by atoms with Gasteiger partial charge in [0.2, 0.25) is 0 Å². The third-order valence-corrected chi connectivity index (χ3v) is 6.74. The summed E-state index contributed by atoms with van der Waals surface area (Å²) in [4.78, 5) is 6.97. The third kappa shape index (κ3) is 3.26. The Morgan fingerprint density at radius 1 is 1.30 bits per heavy atom. The lowest BCUT2D eigenvalue weighted by Gasteiger charge is -2.27. The Morgan fingerprint density at radius 2 is 2.00 bits per heavy atom. The van der Waals surface area contributed by atoms with Gasteiger partial charge in [0.15, 0.2) is 0 Å². The first-order valence-corrected chi connectivity index (χ1v) is 8.87. The SMILES string of the molecule is CO[Si](CCCN1CN=C2C=C(C)C=CC21)(OC)OC. The summed E-state index contributed by atoms with van der Waals surface area (Å²) in [5, 5.41) is 0. The monoisotopic (exact) mass is 296 g/mol. The molecular weight excluding hydrogens is 272 g/mol. The topological polar surface area (TPSA) is 43.3 Å². The summed E-state index contributed by atoms with van der Waals surface area (Å²) in [6, 6.07) is 1.16. The Hall–Kier alpha value is -0.793. The van der Waals surface area contributed by atoms with Crippen LogP contribution in [-0.2, 0) is 13.3 Å². The van der Waals surface area contributed by atoms with Crippen LogP contribution in [0.2, 0.25) is 6.04 Å². The first kappa shape index (κ1) is 15.6. The number of hydrogen-bond donors (Lipinski definition) is 0. The maximum Gasteiger partial charge on any atom is 0.500 e. The molecular formula is C14H24N2O3Si. The van der Waals surface area contributed by atoms with Gasteiger partial charge < -0.3 is 13.3 Å². The van der Waals surface area contributed by atoms with E-state index in [4.69, 9.17) is 13.3 Å². The van der Waals surface area contributed by atoms with Crippen molar-refractivity contribution in [2.75, 3.05) is 34.5 Å². The average Bonchev–Trinajstić information content (AvgIpc) is 2.86. The zero-order chi connectivity index (χ0) is 14.6. The molecule has 0 spiro atoms. The number of fused-ring (bicyclic) bond motifs is 1. The van der Waals surface area contributed by atoms with Crippen molar-refractivity contribution in [1.82, 2.24) is 4.90 Å². The van der Waals surface area contributed by atoms with Crippen molar-refractivity contribution in [3.05, 3.63) is 23.8 Å². The van der Waals surface area contributed by atoms with Gasteiger partial charge in [-0.05, 0) is 25.0 Å². The number of aliphatic imine (C=N–C) groups is 1. The standard InChI is InChI=1S/C14H24N2O3Si/c1-12-6-7-14-13(10-12)15-11-16(14)8-5-9-20(17-2,18-3)19-4/h6-7,10,14H,5,8-9,11H2,1-4H3. The molecule has 0 aromatic rings. The molecule has 1 aliphatic heterocycles. The zero-order valence-corrected chi connectivity index (χ0v) is 13.8. The lowest BCUT2D eigenvalue weighted by molar-refractivity contribution is 0.121. The Kier molecular flexibility index (Phi) is 5.28. The quantitative estimate of drug-likeness (QED) is 0.673. The van der Waals surface area contributed by atoms with Crippen LogP contribution >= 0.6 is 0 Å². The van der Waals surface area contributed by atoms with Gasteiger partial charge >= 0.3 is 8.80 Å². The summed E-state index contributed by atoms with van der Waals surface area (Å²) < 4.78 is 16.3. The molecule has 0 aromatic heterocycles.